The van der Waals surface area contributed by atoms with Crippen molar-refractivity contribution in [2.24, 2.45) is 0 Å². The minimum absolute atomic E-state index is 0.280. The Labute approximate surface area is 99.7 Å². The minimum atomic E-state index is -3.31. The van der Waals surface area contributed by atoms with Crippen molar-refractivity contribution in [3.63, 3.8) is 0 Å². The lowest BCUT2D eigenvalue weighted by Crippen LogP contribution is -2.43. The van der Waals surface area contributed by atoms with Crippen LogP contribution in [0.1, 0.15) is 25.0 Å². The van der Waals surface area contributed by atoms with Crippen LogP contribution in [0.25, 0.3) is 0 Å². The molecule has 7 heteroatoms. The summed E-state index contributed by atoms with van der Waals surface area (Å²) in [5, 5.41) is 1.85. The molecule has 0 radical (unpaired) electrons. The highest BCUT2D eigenvalue weighted by atomic mass is 32.2. The second kappa shape index (κ2) is 5.22. The molecule has 1 saturated heterocycles. The van der Waals surface area contributed by atoms with E-state index in [2.05, 4.69) is 9.71 Å². The third-order valence-corrected chi connectivity index (χ3v) is 4.76. The Morgan fingerprint density at radius 1 is 1.38 bits per heavy atom. The molecule has 1 aliphatic heterocycles. The van der Waals surface area contributed by atoms with Crippen LogP contribution in [0.3, 0.4) is 0 Å². The van der Waals surface area contributed by atoms with E-state index in [4.69, 9.17) is 0 Å². The predicted molar refractivity (Wildman–Crippen MR) is 63.3 cm³/mol. The molecule has 0 bridgehead atoms. The summed E-state index contributed by atoms with van der Waals surface area (Å²) in [5.41, 5.74) is 2.47. The molecule has 0 aromatic carbocycles. The molecule has 1 aliphatic rings. The zero-order valence-corrected chi connectivity index (χ0v) is 10.6. The Hall–Kier alpha value is -0.500. The van der Waals surface area contributed by atoms with Crippen molar-refractivity contribution in [1.29, 1.82) is 0 Å². The van der Waals surface area contributed by atoms with Gasteiger partial charge in [-0.2, -0.15) is 17.4 Å². The zero-order valence-electron chi connectivity index (χ0n) is 8.92. The first kappa shape index (κ1) is 12.0. The molecule has 0 spiro atoms. The maximum Gasteiger partial charge on any atom is 0.279 e. The van der Waals surface area contributed by atoms with Crippen molar-refractivity contribution < 1.29 is 8.42 Å². The topological polar surface area (TPSA) is 62.3 Å². The Morgan fingerprint density at radius 2 is 2.12 bits per heavy atom. The number of rotatable bonds is 4. The van der Waals surface area contributed by atoms with Gasteiger partial charge in [0.05, 0.1) is 17.7 Å². The van der Waals surface area contributed by atoms with Gasteiger partial charge in [-0.1, -0.05) is 6.42 Å². The van der Waals surface area contributed by atoms with E-state index in [0.717, 1.165) is 25.0 Å². The molecular weight excluding hydrogens is 246 g/mol. The first-order valence-corrected chi connectivity index (χ1v) is 7.68. The van der Waals surface area contributed by atoms with Crippen LogP contribution >= 0.6 is 11.3 Å². The first-order chi connectivity index (χ1) is 7.68. The van der Waals surface area contributed by atoms with Gasteiger partial charge >= 0.3 is 0 Å². The Morgan fingerprint density at radius 3 is 2.75 bits per heavy atom. The Balaban J connectivity index is 1.91. The number of aromatic nitrogens is 1. The van der Waals surface area contributed by atoms with Crippen molar-refractivity contribution >= 4 is 21.5 Å². The van der Waals surface area contributed by atoms with Crippen LogP contribution in [0.5, 0.6) is 0 Å². The lowest BCUT2D eigenvalue weighted by Gasteiger charge is -2.25. The van der Waals surface area contributed by atoms with Gasteiger partial charge in [0.25, 0.3) is 10.2 Å². The first-order valence-electron chi connectivity index (χ1n) is 5.30. The van der Waals surface area contributed by atoms with E-state index in [1.54, 1.807) is 5.51 Å². The predicted octanol–water partition coefficient (Wildman–Crippen LogP) is 0.963. The maximum atomic E-state index is 11.9. The fourth-order valence-electron chi connectivity index (χ4n) is 1.69. The molecule has 1 N–H and O–H groups in total. The summed E-state index contributed by atoms with van der Waals surface area (Å²) < 4.78 is 27.8. The van der Waals surface area contributed by atoms with Gasteiger partial charge in [-0.05, 0) is 12.8 Å². The van der Waals surface area contributed by atoms with Gasteiger partial charge in [-0.25, -0.2) is 4.98 Å². The van der Waals surface area contributed by atoms with E-state index < -0.39 is 10.2 Å². The van der Waals surface area contributed by atoms with Crippen molar-refractivity contribution in [3.8, 4) is 0 Å². The van der Waals surface area contributed by atoms with Crippen LogP contribution in [-0.4, -0.2) is 30.8 Å². The SMILES string of the molecule is O=S(=O)(NCc1cscn1)N1CCCCC1. The quantitative estimate of drug-likeness (QED) is 0.878. The Bertz CT molecular complexity index is 410. The average molecular weight is 261 g/mol. The molecule has 2 heterocycles. The summed E-state index contributed by atoms with van der Waals surface area (Å²) in [7, 11) is -3.31. The number of nitrogens with zero attached hydrogens (tertiary/aromatic N) is 2. The van der Waals surface area contributed by atoms with E-state index in [1.807, 2.05) is 5.38 Å². The summed E-state index contributed by atoms with van der Waals surface area (Å²) in [6.45, 7) is 1.54. The smallest absolute Gasteiger partial charge is 0.248 e. The van der Waals surface area contributed by atoms with Crippen LogP contribution in [-0.2, 0) is 16.8 Å². The molecule has 90 valence electrons. The standard InChI is InChI=1S/C9H15N3O2S2/c13-16(14,12-4-2-1-3-5-12)11-6-9-7-15-8-10-9/h7-8,11H,1-6H2. The molecule has 5 nitrogen and oxygen atoms in total. The molecular formula is C9H15N3O2S2. The molecule has 0 saturated carbocycles. The highest BCUT2D eigenvalue weighted by Gasteiger charge is 2.23. The fraction of sp³-hybridized carbons (Fsp3) is 0.667. The summed E-state index contributed by atoms with van der Waals surface area (Å²) >= 11 is 1.47. The summed E-state index contributed by atoms with van der Waals surface area (Å²) in [6.07, 6.45) is 3.04. The van der Waals surface area contributed by atoms with E-state index in [-0.39, 0.29) is 6.54 Å². The van der Waals surface area contributed by atoms with Crippen LogP contribution in [0, 0.1) is 0 Å². The lowest BCUT2D eigenvalue weighted by atomic mass is 10.2. The van der Waals surface area contributed by atoms with E-state index in [9.17, 15) is 8.42 Å². The molecule has 0 aliphatic carbocycles. The van der Waals surface area contributed by atoms with Gasteiger partial charge in [-0.15, -0.1) is 11.3 Å². The van der Waals surface area contributed by atoms with Gasteiger partial charge in [0.2, 0.25) is 0 Å². The molecule has 1 fully saturated rings. The van der Waals surface area contributed by atoms with E-state index >= 15 is 0 Å². The third kappa shape index (κ3) is 3.00. The number of thiazole rings is 1. The summed E-state index contributed by atoms with van der Waals surface area (Å²) in [4.78, 5) is 4.04. The van der Waals surface area contributed by atoms with E-state index in [0.29, 0.717) is 13.1 Å². The molecule has 16 heavy (non-hydrogen) atoms. The highest BCUT2D eigenvalue weighted by molar-refractivity contribution is 7.87. The van der Waals surface area contributed by atoms with Crippen LogP contribution in [0.15, 0.2) is 10.9 Å². The van der Waals surface area contributed by atoms with Gasteiger partial charge in [0.1, 0.15) is 0 Å². The van der Waals surface area contributed by atoms with E-state index in [1.165, 1.54) is 15.6 Å². The molecule has 1 aromatic heterocycles. The van der Waals surface area contributed by atoms with Crippen LogP contribution in [0.4, 0.5) is 0 Å². The Kier molecular flexibility index (Phi) is 3.91. The number of hydrogen-bond donors (Lipinski definition) is 1. The lowest BCUT2D eigenvalue weighted by molar-refractivity contribution is 0.341. The minimum Gasteiger partial charge on any atom is -0.248 e. The number of nitrogens with one attached hydrogen (secondary N) is 1. The number of piperidine rings is 1. The second-order valence-electron chi connectivity index (χ2n) is 3.77. The molecule has 1 aromatic rings. The van der Waals surface area contributed by atoms with Crippen molar-refractivity contribution in [1.82, 2.24) is 14.0 Å². The van der Waals surface area contributed by atoms with Gasteiger partial charge in [-0.3, -0.25) is 0 Å². The highest BCUT2D eigenvalue weighted by Crippen LogP contribution is 2.12. The van der Waals surface area contributed by atoms with Gasteiger partial charge in [0.15, 0.2) is 0 Å². The van der Waals surface area contributed by atoms with Gasteiger partial charge < -0.3 is 0 Å². The average Bonchev–Trinajstić information content (AvgIpc) is 2.81. The fourth-order valence-corrected chi connectivity index (χ4v) is 3.50. The van der Waals surface area contributed by atoms with Gasteiger partial charge in [0, 0.05) is 18.5 Å². The second-order valence-corrected chi connectivity index (χ2v) is 6.24. The van der Waals surface area contributed by atoms with Crippen LogP contribution in [0.2, 0.25) is 0 Å². The normalized spacial score (nSPS) is 18.8. The number of hydrogen-bond acceptors (Lipinski definition) is 4. The van der Waals surface area contributed by atoms with Crippen molar-refractivity contribution in [2.75, 3.05) is 13.1 Å². The third-order valence-electron chi connectivity index (χ3n) is 2.57. The summed E-state index contributed by atoms with van der Waals surface area (Å²) in [5.74, 6) is 0. The maximum absolute atomic E-state index is 11.9. The molecule has 2 rings (SSSR count). The molecule has 0 amide bonds. The molecule has 0 atom stereocenters. The summed E-state index contributed by atoms with van der Waals surface area (Å²) in [6, 6.07) is 0. The van der Waals surface area contributed by atoms with Crippen molar-refractivity contribution in [2.45, 2.75) is 25.8 Å². The van der Waals surface area contributed by atoms with Crippen LogP contribution < -0.4 is 4.72 Å². The molecule has 0 unspecified atom stereocenters. The monoisotopic (exact) mass is 261 g/mol. The van der Waals surface area contributed by atoms with Crippen molar-refractivity contribution in [3.05, 3.63) is 16.6 Å². The largest absolute Gasteiger partial charge is 0.279 e. The zero-order chi connectivity index (χ0) is 11.4.